The molecule has 0 bridgehead atoms. The quantitative estimate of drug-likeness (QED) is 0.795. The van der Waals surface area contributed by atoms with E-state index in [0.29, 0.717) is 0 Å². The van der Waals surface area contributed by atoms with E-state index >= 15 is 0 Å². The van der Waals surface area contributed by atoms with Crippen LogP contribution in [0.4, 0.5) is 0 Å². The van der Waals surface area contributed by atoms with Crippen molar-refractivity contribution >= 4 is 11.0 Å². The summed E-state index contributed by atoms with van der Waals surface area (Å²) in [4.78, 5) is 2.45. The van der Waals surface area contributed by atoms with Crippen LogP contribution < -0.4 is 5.32 Å². The highest BCUT2D eigenvalue weighted by Crippen LogP contribution is 2.26. The maximum atomic E-state index is 9.54. The van der Waals surface area contributed by atoms with Crippen molar-refractivity contribution in [2.75, 3.05) is 26.2 Å². The van der Waals surface area contributed by atoms with Crippen LogP contribution >= 0.6 is 0 Å². The number of furan rings is 1. The molecule has 4 heteroatoms. The second-order valence-corrected chi connectivity index (χ2v) is 7.23. The lowest BCUT2D eigenvalue weighted by Crippen LogP contribution is -2.37. The number of hydrogen-bond acceptors (Lipinski definition) is 4. The third kappa shape index (κ3) is 4.18. The summed E-state index contributed by atoms with van der Waals surface area (Å²) in [7, 11) is 0. The lowest BCUT2D eigenvalue weighted by molar-refractivity contribution is 0.0820. The van der Waals surface area contributed by atoms with Gasteiger partial charge >= 0.3 is 0 Å². The molecule has 1 aromatic carbocycles. The number of benzene rings is 1. The zero-order valence-electron chi connectivity index (χ0n) is 15.1. The summed E-state index contributed by atoms with van der Waals surface area (Å²) >= 11 is 0. The van der Waals surface area contributed by atoms with Crippen molar-refractivity contribution in [2.24, 2.45) is 0 Å². The van der Waals surface area contributed by atoms with Crippen LogP contribution in [0.2, 0.25) is 0 Å². The van der Waals surface area contributed by atoms with Crippen LogP contribution in [0.3, 0.4) is 0 Å². The summed E-state index contributed by atoms with van der Waals surface area (Å²) in [5.41, 5.74) is 3.56. The highest BCUT2D eigenvalue weighted by Gasteiger charge is 2.16. The fourth-order valence-corrected chi connectivity index (χ4v) is 3.40. The summed E-state index contributed by atoms with van der Waals surface area (Å²) in [6.07, 6.45) is 2.88. The minimum atomic E-state index is -0.0836. The van der Waals surface area contributed by atoms with Gasteiger partial charge in [-0.25, -0.2) is 0 Å². The van der Waals surface area contributed by atoms with Crippen molar-refractivity contribution in [1.29, 1.82) is 0 Å². The average molecular weight is 330 g/mol. The van der Waals surface area contributed by atoms with E-state index in [9.17, 15) is 5.11 Å². The van der Waals surface area contributed by atoms with E-state index in [1.165, 1.54) is 16.5 Å². The lowest BCUT2D eigenvalue weighted by Gasteiger charge is -2.29. The standard InChI is InChI=1S/C20H30N2O2/c1-14-11-17-13-19(24-20(17)12-15(14)2)16(3)21-7-4-8-22-9-5-18(23)6-10-22/h11-13,16,18,21,23H,4-10H2,1-3H3. The van der Waals surface area contributed by atoms with Gasteiger partial charge in [0.25, 0.3) is 0 Å². The summed E-state index contributed by atoms with van der Waals surface area (Å²) in [6.45, 7) is 10.6. The number of piperidine rings is 1. The van der Waals surface area contributed by atoms with E-state index < -0.39 is 0 Å². The number of hydrogen-bond donors (Lipinski definition) is 2. The van der Waals surface area contributed by atoms with Gasteiger partial charge < -0.3 is 19.7 Å². The Kier molecular flexibility index (Phi) is 5.59. The number of nitrogens with one attached hydrogen (secondary N) is 1. The Morgan fingerprint density at radius 3 is 2.67 bits per heavy atom. The average Bonchev–Trinajstić information content (AvgIpc) is 2.96. The Hall–Kier alpha value is -1.36. The van der Waals surface area contributed by atoms with E-state index in [-0.39, 0.29) is 12.1 Å². The highest BCUT2D eigenvalue weighted by atomic mass is 16.3. The zero-order valence-corrected chi connectivity index (χ0v) is 15.1. The molecule has 0 amide bonds. The van der Waals surface area contributed by atoms with E-state index in [0.717, 1.165) is 56.8 Å². The maximum absolute atomic E-state index is 9.54. The number of aryl methyl sites for hydroxylation is 2. The first-order valence-corrected chi connectivity index (χ1v) is 9.17. The fraction of sp³-hybridized carbons (Fsp3) is 0.600. The molecule has 2 N–H and O–H groups in total. The summed E-state index contributed by atoms with van der Waals surface area (Å²) in [6, 6.07) is 6.72. The molecule has 132 valence electrons. The fourth-order valence-electron chi connectivity index (χ4n) is 3.40. The van der Waals surface area contributed by atoms with Gasteiger partial charge in [0.1, 0.15) is 11.3 Å². The first kappa shape index (κ1) is 17.5. The van der Waals surface area contributed by atoms with Gasteiger partial charge in [-0.1, -0.05) is 0 Å². The van der Waals surface area contributed by atoms with Gasteiger partial charge in [-0.3, -0.25) is 0 Å². The van der Waals surface area contributed by atoms with E-state index in [4.69, 9.17) is 4.42 Å². The molecule has 1 aliphatic rings. The van der Waals surface area contributed by atoms with Gasteiger partial charge in [-0.2, -0.15) is 0 Å². The smallest absolute Gasteiger partial charge is 0.134 e. The van der Waals surface area contributed by atoms with Gasteiger partial charge in [-0.15, -0.1) is 0 Å². The first-order chi connectivity index (χ1) is 11.5. The molecule has 1 saturated heterocycles. The Bertz CT molecular complexity index is 633. The van der Waals surface area contributed by atoms with Crippen LogP contribution in [0.25, 0.3) is 11.0 Å². The predicted molar refractivity (Wildman–Crippen MR) is 98.4 cm³/mol. The Labute approximate surface area is 144 Å². The van der Waals surface area contributed by atoms with Gasteiger partial charge in [0.2, 0.25) is 0 Å². The van der Waals surface area contributed by atoms with Gasteiger partial charge in [0.05, 0.1) is 12.1 Å². The van der Waals surface area contributed by atoms with Crippen molar-refractivity contribution in [2.45, 2.75) is 52.2 Å². The number of nitrogens with zero attached hydrogens (tertiary/aromatic N) is 1. The second kappa shape index (κ2) is 7.68. The monoisotopic (exact) mass is 330 g/mol. The number of rotatable bonds is 6. The first-order valence-electron chi connectivity index (χ1n) is 9.17. The Morgan fingerprint density at radius 2 is 1.92 bits per heavy atom. The molecule has 0 saturated carbocycles. The molecule has 2 aromatic rings. The largest absolute Gasteiger partial charge is 0.459 e. The molecule has 1 aliphatic heterocycles. The predicted octanol–water partition coefficient (Wildman–Crippen LogP) is 3.55. The van der Waals surface area contributed by atoms with E-state index in [2.05, 4.69) is 49.2 Å². The lowest BCUT2D eigenvalue weighted by atomic mass is 10.1. The molecular weight excluding hydrogens is 300 g/mol. The normalized spacial score (nSPS) is 18.3. The van der Waals surface area contributed by atoms with Crippen molar-refractivity contribution in [1.82, 2.24) is 10.2 Å². The Balaban J connectivity index is 1.47. The molecule has 4 nitrogen and oxygen atoms in total. The van der Waals surface area contributed by atoms with Crippen LogP contribution in [0, 0.1) is 13.8 Å². The van der Waals surface area contributed by atoms with Crippen molar-refractivity contribution < 1.29 is 9.52 Å². The SMILES string of the molecule is Cc1cc2cc(C(C)NCCCN3CCC(O)CC3)oc2cc1C. The molecule has 24 heavy (non-hydrogen) atoms. The summed E-state index contributed by atoms with van der Waals surface area (Å²) < 4.78 is 6.02. The van der Waals surface area contributed by atoms with Gasteiger partial charge in [-0.05, 0) is 82.4 Å². The zero-order chi connectivity index (χ0) is 17.1. The minimum Gasteiger partial charge on any atom is -0.459 e. The van der Waals surface area contributed by atoms with Gasteiger partial charge in [0.15, 0.2) is 0 Å². The molecule has 1 aromatic heterocycles. The molecule has 1 fully saturated rings. The summed E-state index contributed by atoms with van der Waals surface area (Å²) in [5, 5.41) is 14.3. The van der Waals surface area contributed by atoms with Crippen LogP contribution in [0.15, 0.2) is 22.6 Å². The van der Waals surface area contributed by atoms with E-state index in [1.54, 1.807) is 0 Å². The van der Waals surface area contributed by atoms with Crippen LogP contribution in [-0.4, -0.2) is 42.3 Å². The van der Waals surface area contributed by atoms with Crippen LogP contribution in [0.5, 0.6) is 0 Å². The molecule has 1 unspecified atom stereocenters. The van der Waals surface area contributed by atoms with Gasteiger partial charge in [0, 0.05) is 18.5 Å². The molecule has 3 rings (SSSR count). The number of aliphatic hydroxyl groups excluding tert-OH is 1. The second-order valence-electron chi connectivity index (χ2n) is 7.23. The third-order valence-corrected chi connectivity index (χ3v) is 5.24. The third-order valence-electron chi connectivity index (χ3n) is 5.24. The molecular formula is C20H30N2O2. The molecule has 2 heterocycles. The van der Waals surface area contributed by atoms with Crippen LogP contribution in [-0.2, 0) is 0 Å². The molecule has 0 spiro atoms. The van der Waals surface area contributed by atoms with E-state index in [1.807, 2.05) is 0 Å². The molecule has 0 aliphatic carbocycles. The summed E-state index contributed by atoms with van der Waals surface area (Å²) in [5.74, 6) is 1.01. The Morgan fingerprint density at radius 1 is 1.21 bits per heavy atom. The van der Waals surface area contributed by atoms with Crippen molar-refractivity contribution in [3.8, 4) is 0 Å². The molecule has 1 atom stereocenters. The number of aliphatic hydroxyl groups is 1. The number of fused-ring (bicyclic) bond motifs is 1. The topological polar surface area (TPSA) is 48.6 Å². The highest BCUT2D eigenvalue weighted by molar-refractivity contribution is 5.79. The van der Waals surface area contributed by atoms with Crippen molar-refractivity contribution in [3.05, 3.63) is 35.1 Å². The maximum Gasteiger partial charge on any atom is 0.134 e. The van der Waals surface area contributed by atoms with Crippen molar-refractivity contribution in [3.63, 3.8) is 0 Å². The molecule has 0 radical (unpaired) electrons. The minimum absolute atomic E-state index is 0.0836. The van der Waals surface area contributed by atoms with Crippen LogP contribution in [0.1, 0.15) is 49.1 Å². The number of likely N-dealkylation sites (tertiary alicyclic amines) is 1.